The third kappa shape index (κ3) is 5.17. The van der Waals surface area contributed by atoms with Crippen LogP contribution in [0.25, 0.3) is 11.4 Å². The molecular formula is C19H23F3N4O2S. The van der Waals surface area contributed by atoms with Crippen LogP contribution in [0.5, 0.6) is 5.75 Å². The zero-order valence-corrected chi connectivity index (χ0v) is 16.9. The molecule has 10 heteroatoms. The van der Waals surface area contributed by atoms with Crippen molar-refractivity contribution in [1.29, 1.82) is 0 Å². The number of ether oxygens (including phenoxy) is 1. The van der Waals surface area contributed by atoms with Gasteiger partial charge >= 0.3 is 6.18 Å². The fourth-order valence-electron chi connectivity index (χ4n) is 3.45. The Morgan fingerprint density at radius 2 is 2.07 bits per heavy atom. The molecule has 1 aliphatic rings. The van der Waals surface area contributed by atoms with Crippen LogP contribution in [0.4, 0.5) is 13.2 Å². The van der Waals surface area contributed by atoms with E-state index in [1.807, 2.05) is 31.2 Å². The first kappa shape index (κ1) is 21.4. The van der Waals surface area contributed by atoms with Gasteiger partial charge in [-0.05, 0) is 56.2 Å². The predicted molar refractivity (Wildman–Crippen MR) is 104 cm³/mol. The summed E-state index contributed by atoms with van der Waals surface area (Å²) >= 11 is 5.26. The fraction of sp³-hybridized carbons (Fsp3) is 0.526. The SMILES string of the molecule is CCOc1ccc(-c2n[nH]c(=S)n2CCC(=O)N2CCCC(C(F)(F)F)C2)cc1. The summed E-state index contributed by atoms with van der Waals surface area (Å²) in [7, 11) is 0. The van der Waals surface area contributed by atoms with Crippen LogP contribution < -0.4 is 4.74 Å². The van der Waals surface area contributed by atoms with Crippen LogP contribution in [0.3, 0.4) is 0 Å². The van der Waals surface area contributed by atoms with Gasteiger partial charge < -0.3 is 9.64 Å². The summed E-state index contributed by atoms with van der Waals surface area (Å²) in [6.07, 6.45) is -3.78. The van der Waals surface area contributed by atoms with Crippen molar-refractivity contribution < 1.29 is 22.7 Å². The molecule has 0 aliphatic carbocycles. The summed E-state index contributed by atoms with van der Waals surface area (Å²) in [6, 6.07) is 7.31. The van der Waals surface area contributed by atoms with Gasteiger partial charge in [-0.2, -0.15) is 18.3 Å². The van der Waals surface area contributed by atoms with Crippen LogP contribution in [0.1, 0.15) is 26.2 Å². The van der Waals surface area contributed by atoms with E-state index in [-0.39, 0.29) is 31.8 Å². The predicted octanol–water partition coefficient (Wildman–Crippen LogP) is 4.20. The number of benzene rings is 1. The van der Waals surface area contributed by atoms with E-state index in [1.54, 1.807) is 4.57 Å². The lowest BCUT2D eigenvalue weighted by atomic mass is 9.97. The first-order valence-corrected chi connectivity index (χ1v) is 9.93. The summed E-state index contributed by atoms with van der Waals surface area (Å²) in [5.41, 5.74) is 0.795. The lowest BCUT2D eigenvalue weighted by molar-refractivity contribution is -0.188. The van der Waals surface area contributed by atoms with Gasteiger partial charge in [-0.3, -0.25) is 14.5 Å². The van der Waals surface area contributed by atoms with Crippen molar-refractivity contribution in [3.63, 3.8) is 0 Å². The Morgan fingerprint density at radius 3 is 2.72 bits per heavy atom. The number of amides is 1. The minimum Gasteiger partial charge on any atom is -0.494 e. The summed E-state index contributed by atoms with van der Waals surface area (Å²) in [5.74, 6) is -0.454. The minimum absolute atomic E-state index is 0.0580. The van der Waals surface area contributed by atoms with Gasteiger partial charge in [0.1, 0.15) is 5.75 Å². The largest absolute Gasteiger partial charge is 0.494 e. The van der Waals surface area contributed by atoms with Crippen molar-refractivity contribution in [2.24, 2.45) is 5.92 Å². The topological polar surface area (TPSA) is 63.1 Å². The summed E-state index contributed by atoms with van der Waals surface area (Å²) in [6.45, 7) is 2.78. The Bertz CT molecular complexity index is 892. The Kier molecular flexibility index (Phi) is 6.61. The summed E-state index contributed by atoms with van der Waals surface area (Å²) < 4.78 is 46.4. The number of likely N-dealkylation sites (tertiary alicyclic amines) is 1. The second-order valence-electron chi connectivity index (χ2n) is 6.93. The number of hydrogen-bond donors (Lipinski definition) is 1. The minimum atomic E-state index is -4.27. The second kappa shape index (κ2) is 8.98. The van der Waals surface area contributed by atoms with E-state index in [0.717, 1.165) is 11.3 Å². The number of alkyl halides is 3. The molecule has 0 spiro atoms. The molecule has 1 aromatic heterocycles. The van der Waals surface area contributed by atoms with Crippen LogP contribution in [-0.4, -0.2) is 51.4 Å². The average molecular weight is 428 g/mol. The molecule has 6 nitrogen and oxygen atoms in total. The molecule has 2 aromatic rings. The number of hydrogen-bond acceptors (Lipinski definition) is 4. The van der Waals surface area contributed by atoms with E-state index in [9.17, 15) is 18.0 Å². The Balaban J connectivity index is 1.67. The number of carbonyl (C=O) groups excluding carboxylic acids is 1. The van der Waals surface area contributed by atoms with E-state index in [2.05, 4.69) is 10.2 Å². The molecule has 1 fully saturated rings. The molecule has 158 valence electrons. The Labute approximate surface area is 171 Å². The van der Waals surface area contributed by atoms with Gasteiger partial charge in [0, 0.05) is 31.6 Å². The first-order chi connectivity index (χ1) is 13.8. The van der Waals surface area contributed by atoms with Gasteiger partial charge in [0.15, 0.2) is 10.6 Å². The highest BCUT2D eigenvalue weighted by Crippen LogP contribution is 2.33. The number of nitrogens with zero attached hydrogens (tertiary/aromatic N) is 3. The maximum atomic E-state index is 13.0. The normalized spacial score (nSPS) is 17.4. The number of carbonyl (C=O) groups is 1. The van der Waals surface area contributed by atoms with Crippen molar-refractivity contribution in [2.75, 3.05) is 19.7 Å². The molecule has 29 heavy (non-hydrogen) atoms. The quantitative estimate of drug-likeness (QED) is 0.701. The lowest BCUT2D eigenvalue weighted by Gasteiger charge is -2.33. The van der Waals surface area contributed by atoms with Crippen molar-refractivity contribution in [2.45, 2.75) is 38.9 Å². The Hall–Kier alpha value is -2.36. The van der Waals surface area contributed by atoms with E-state index < -0.39 is 12.1 Å². The monoisotopic (exact) mass is 428 g/mol. The number of aromatic nitrogens is 3. The fourth-order valence-corrected chi connectivity index (χ4v) is 3.67. The van der Waals surface area contributed by atoms with Crippen molar-refractivity contribution in [3.05, 3.63) is 29.0 Å². The first-order valence-electron chi connectivity index (χ1n) is 9.52. The zero-order chi connectivity index (χ0) is 21.0. The molecule has 0 radical (unpaired) electrons. The highest BCUT2D eigenvalue weighted by Gasteiger charge is 2.42. The maximum absolute atomic E-state index is 13.0. The van der Waals surface area contributed by atoms with Gasteiger partial charge in [0.25, 0.3) is 0 Å². The molecule has 0 saturated carbocycles. The third-order valence-corrected chi connectivity index (χ3v) is 5.28. The summed E-state index contributed by atoms with van der Waals surface area (Å²) in [4.78, 5) is 13.8. The van der Waals surface area contributed by atoms with Crippen LogP contribution in [0.15, 0.2) is 24.3 Å². The molecule has 1 atom stereocenters. The number of H-pyrrole nitrogens is 1. The van der Waals surface area contributed by atoms with E-state index in [1.165, 1.54) is 4.90 Å². The van der Waals surface area contributed by atoms with Gasteiger partial charge in [-0.15, -0.1) is 0 Å². The Morgan fingerprint density at radius 1 is 1.34 bits per heavy atom. The molecule has 1 saturated heterocycles. The maximum Gasteiger partial charge on any atom is 0.393 e. The smallest absolute Gasteiger partial charge is 0.393 e. The zero-order valence-electron chi connectivity index (χ0n) is 16.0. The van der Waals surface area contributed by atoms with E-state index >= 15 is 0 Å². The molecule has 3 rings (SSSR count). The van der Waals surface area contributed by atoms with Crippen LogP contribution in [-0.2, 0) is 11.3 Å². The number of aromatic amines is 1. The van der Waals surface area contributed by atoms with Crippen LogP contribution in [0.2, 0.25) is 0 Å². The van der Waals surface area contributed by atoms with E-state index in [4.69, 9.17) is 17.0 Å². The molecule has 1 aliphatic heterocycles. The highest BCUT2D eigenvalue weighted by molar-refractivity contribution is 7.71. The molecular weight excluding hydrogens is 405 g/mol. The highest BCUT2D eigenvalue weighted by atomic mass is 32.1. The number of halogens is 3. The lowest BCUT2D eigenvalue weighted by Crippen LogP contribution is -2.44. The molecule has 0 bridgehead atoms. The molecule has 1 unspecified atom stereocenters. The average Bonchev–Trinajstić information content (AvgIpc) is 3.07. The van der Waals surface area contributed by atoms with Crippen LogP contribution >= 0.6 is 12.2 Å². The van der Waals surface area contributed by atoms with Crippen LogP contribution in [0, 0.1) is 10.7 Å². The summed E-state index contributed by atoms with van der Waals surface area (Å²) in [5, 5.41) is 6.94. The van der Waals surface area contributed by atoms with Gasteiger partial charge in [0.05, 0.1) is 12.5 Å². The molecule has 2 heterocycles. The van der Waals surface area contributed by atoms with Crippen molar-refractivity contribution in [1.82, 2.24) is 19.7 Å². The van der Waals surface area contributed by atoms with E-state index in [0.29, 0.717) is 30.2 Å². The molecule has 1 aromatic carbocycles. The van der Waals surface area contributed by atoms with Crippen molar-refractivity contribution >= 4 is 18.1 Å². The van der Waals surface area contributed by atoms with Crippen molar-refractivity contribution in [3.8, 4) is 17.1 Å². The third-order valence-electron chi connectivity index (χ3n) is 4.97. The molecule has 1 amide bonds. The van der Waals surface area contributed by atoms with Gasteiger partial charge in [-0.1, -0.05) is 0 Å². The number of piperidine rings is 1. The second-order valence-corrected chi connectivity index (χ2v) is 7.32. The number of rotatable bonds is 6. The molecule has 1 N–H and O–H groups in total. The van der Waals surface area contributed by atoms with Gasteiger partial charge in [-0.25, -0.2) is 0 Å². The van der Waals surface area contributed by atoms with Gasteiger partial charge in [0.2, 0.25) is 5.91 Å². The number of nitrogens with one attached hydrogen (secondary N) is 1. The standard InChI is InChI=1S/C19H23F3N4O2S/c1-2-28-15-7-5-13(6-8-15)17-23-24-18(29)26(17)11-9-16(27)25-10-3-4-14(12-25)19(20,21)22/h5-8,14H,2-4,9-12H2,1H3,(H,24,29).